The van der Waals surface area contributed by atoms with Crippen LogP contribution in [0.5, 0.6) is 0 Å². The molecule has 3 nitrogen and oxygen atoms in total. The molecule has 3 rings (SSSR count). The second kappa shape index (κ2) is 6.88. The zero-order valence-corrected chi connectivity index (χ0v) is 14.2. The van der Waals surface area contributed by atoms with Gasteiger partial charge in [0, 0.05) is 24.3 Å². The highest BCUT2D eigenvalue weighted by Crippen LogP contribution is 2.42. The summed E-state index contributed by atoms with van der Waals surface area (Å²) >= 11 is 6.18. The highest BCUT2D eigenvalue weighted by atomic mass is 35.5. The lowest BCUT2D eigenvalue weighted by Crippen LogP contribution is -2.28. The number of allylic oxidation sites excluding steroid dienone is 1. The van der Waals surface area contributed by atoms with Crippen molar-refractivity contribution in [3.63, 3.8) is 0 Å². The van der Waals surface area contributed by atoms with Crippen molar-refractivity contribution in [1.29, 1.82) is 0 Å². The lowest BCUT2D eigenvalue weighted by Gasteiger charge is -2.22. The van der Waals surface area contributed by atoms with E-state index in [0.29, 0.717) is 0 Å². The van der Waals surface area contributed by atoms with Crippen LogP contribution in [-0.4, -0.2) is 19.3 Å². The van der Waals surface area contributed by atoms with Crippen LogP contribution in [0.25, 0.3) is 0 Å². The Morgan fingerprint density at radius 1 is 0.957 bits per heavy atom. The number of hydrogen-bond acceptors (Lipinski definition) is 3. The van der Waals surface area contributed by atoms with Crippen LogP contribution in [0.15, 0.2) is 65.4 Å². The van der Waals surface area contributed by atoms with E-state index in [1.807, 2.05) is 48.7 Å². The second-order valence-electron chi connectivity index (χ2n) is 5.26. The van der Waals surface area contributed by atoms with E-state index in [1.165, 1.54) is 5.69 Å². The fourth-order valence-electron chi connectivity index (χ4n) is 2.88. The van der Waals surface area contributed by atoms with Gasteiger partial charge in [-0.25, -0.2) is 0 Å². The smallest absolute Gasteiger partial charge is 0.115 e. The number of nitrogens with zero attached hydrogens (tertiary/aromatic N) is 3. The molecular formula is C19H20ClN3. The van der Waals surface area contributed by atoms with Crippen molar-refractivity contribution in [1.82, 2.24) is 0 Å². The first-order valence-corrected chi connectivity index (χ1v) is 8.26. The van der Waals surface area contributed by atoms with E-state index in [-0.39, 0.29) is 0 Å². The Balaban J connectivity index is 1.94. The van der Waals surface area contributed by atoms with E-state index in [4.69, 9.17) is 11.6 Å². The zero-order valence-electron chi connectivity index (χ0n) is 13.4. The molecule has 0 N–H and O–H groups in total. The predicted molar refractivity (Wildman–Crippen MR) is 100 cm³/mol. The van der Waals surface area contributed by atoms with Gasteiger partial charge >= 0.3 is 0 Å². The third-order valence-electron chi connectivity index (χ3n) is 3.91. The summed E-state index contributed by atoms with van der Waals surface area (Å²) in [5, 5.41) is 0.762. The first-order chi connectivity index (χ1) is 11.2. The molecule has 0 fully saturated rings. The van der Waals surface area contributed by atoms with E-state index in [0.717, 1.165) is 35.3 Å². The van der Waals surface area contributed by atoms with Gasteiger partial charge in [0.1, 0.15) is 5.82 Å². The Labute approximate surface area is 142 Å². The van der Waals surface area contributed by atoms with Crippen LogP contribution in [0.4, 0.5) is 17.1 Å². The molecule has 118 valence electrons. The van der Waals surface area contributed by atoms with Crippen molar-refractivity contribution in [2.45, 2.75) is 13.8 Å². The summed E-state index contributed by atoms with van der Waals surface area (Å²) in [5.41, 5.74) is 3.30. The largest absolute Gasteiger partial charge is 0.326 e. The van der Waals surface area contributed by atoms with Crippen LogP contribution >= 0.6 is 11.6 Å². The number of aliphatic imine (C=N–C) groups is 1. The average molecular weight is 326 g/mol. The molecule has 0 saturated carbocycles. The lowest BCUT2D eigenvalue weighted by atomic mass is 10.2. The number of hydrogen-bond donors (Lipinski definition) is 0. The number of halogens is 1. The Kier molecular flexibility index (Phi) is 4.68. The van der Waals surface area contributed by atoms with Crippen molar-refractivity contribution in [2.24, 2.45) is 4.99 Å². The molecule has 0 unspecified atom stereocenters. The third-order valence-corrected chi connectivity index (χ3v) is 4.14. The van der Waals surface area contributed by atoms with Crippen LogP contribution in [0.3, 0.4) is 0 Å². The van der Waals surface area contributed by atoms with E-state index < -0.39 is 0 Å². The van der Waals surface area contributed by atoms with E-state index >= 15 is 0 Å². The van der Waals surface area contributed by atoms with Crippen molar-refractivity contribution in [2.75, 3.05) is 22.9 Å². The molecule has 0 atom stereocenters. The summed E-state index contributed by atoms with van der Waals surface area (Å²) in [4.78, 5) is 9.06. The van der Waals surface area contributed by atoms with E-state index in [1.54, 1.807) is 0 Å². The summed E-state index contributed by atoms with van der Waals surface area (Å²) < 4.78 is 0. The molecule has 0 saturated heterocycles. The fraction of sp³-hybridized carbons (Fsp3) is 0.211. The van der Waals surface area contributed by atoms with Gasteiger partial charge in [0.2, 0.25) is 0 Å². The maximum Gasteiger partial charge on any atom is 0.115 e. The highest BCUT2D eigenvalue weighted by molar-refractivity contribution is 6.31. The lowest BCUT2D eigenvalue weighted by molar-refractivity contribution is 0.901. The summed E-state index contributed by atoms with van der Waals surface area (Å²) in [6, 6.07) is 16.0. The minimum atomic E-state index is 0.762. The molecule has 0 aromatic heterocycles. The molecule has 1 aliphatic heterocycles. The highest BCUT2D eigenvalue weighted by Gasteiger charge is 2.28. The maximum atomic E-state index is 6.18. The van der Waals surface area contributed by atoms with Gasteiger partial charge in [-0.2, -0.15) is 0 Å². The summed E-state index contributed by atoms with van der Waals surface area (Å²) in [6.45, 7) is 6.08. The van der Waals surface area contributed by atoms with Crippen LogP contribution < -0.4 is 9.80 Å². The molecule has 0 radical (unpaired) electrons. The molecule has 0 aliphatic carbocycles. The van der Waals surface area contributed by atoms with Crippen LogP contribution in [0.2, 0.25) is 5.02 Å². The van der Waals surface area contributed by atoms with Gasteiger partial charge in [0.25, 0.3) is 0 Å². The number of para-hydroxylation sites is 1. The molecule has 4 heteroatoms. The minimum Gasteiger partial charge on any atom is -0.326 e. The van der Waals surface area contributed by atoms with Gasteiger partial charge in [0.15, 0.2) is 0 Å². The van der Waals surface area contributed by atoms with Gasteiger partial charge in [-0.3, -0.25) is 4.99 Å². The Bertz CT molecular complexity index is 738. The van der Waals surface area contributed by atoms with Crippen LogP contribution in [0, 0.1) is 0 Å². The molecule has 2 aromatic rings. The number of benzene rings is 2. The summed E-state index contributed by atoms with van der Waals surface area (Å²) in [7, 11) is 0. The minimum absolute atomic E-state index is 0.762. The first-order valence-electron chi connectivity index (χ1n) is 7.88. The van der Waals surface area contributed by atoms with Gasteiger partial charge < -0.3 is 9.80 Å². The molecular weight excluding hydrogens is 306 g/mol. The summed E-state index contributed by atoms with van der Waals surface area (Å²) in [5.74, 6) is 1.13. The topological polar surface area (TPSA) is 18.8 Å². The average Bonchev–Trinajstić information content (AvgIpc) is 2.87. The monoisotopic (exact) mass is 325 g/mol. The molecule has 0 bridgehead atoms. The standard InChI is InChI=1S/C19H20ClN3/c1-3-22-17-11-10-15(20)14-18(17)23(4-2)19(22)12-13-21-16-8-6-5-7-9-16/h5-14H,3-4H2,1-2H3/b19-12-,21-13?. The number of rotatable bonds is 4. The molecule has 2 aromatic carbocycles. The normalized spacial score (nSPS) is 15.7. The zero-order chi connectivity index (χ0) is 16.2. The van der Waals surface area contributed by atoms with Crippen molar-refractivity contribution < 1.29 is 0 Å². The number of anilines is 2. The molecule has 0 amide bonds. The predicted octanol–water partition coefficient (Wildman–Crippen LogP) is 5.25. The third kappa shape index (κ3) is 3.10. The van der Waals surface area contributed by atoms with Crippen molar-refractivity contribution in [3.05, 3.63) is 65.5 Å². The van der Waals surface area contributed by atoms with E-state index in [9.17, 15) is 0 Å². The van der Waals surface area contributed by atoms with Gasteiger partial charge in [-0.15, -0.1) is 0 Å². The quantitative estimate of drug-likeness (QED) is 0.715. The summed E-state index contributed by atoms with van der Waals surface area (Å²) in [6.07, 6.45) is 3.93. The van der Waals surface area contributed by atoms with Crippen molar-refractivity contribution >= 4 is 34.9 Å². The van der Waals surface area contributed by atoms with Crippen molar-refractivity contribution in [3.8, 4) is 0 Å². The molecule has 23 heavy (non-hydrogen) atoms. The van der Waals surface area contributed by atoms with Gasteiger partial charge in [-0.1, -0.05) is 29.8 Å². The van der Waals surface area contributed by atoms with Gasteiger partial charge in [-0.05, 0) is 50.3 Å². The molecule has 1 aliphatic rings. The SMILES string of the molecule is CCN1/C(=C/C=Nc2ccccc2)N(CC)c2cc(Cl)ccc21. The van der Waals surface area contributed by atoms with Crippen LogP contribution in [0.1, 0.15) is 13.8 Å². The fourth-order valence-corrected chi connectivity index (χ4v) is 3.05. The second-order valence-corrected chi connectivity index (χ2v) is 5.70. The van der Waals surface area contributed by atoms with E-state index in [2.05, 4.69) is 40.8 Å². The molecule has 1 heterocycles. The van der Waals surface area contributed by atoms with Crippen LogP contribution in [-0.2, 0) is 0 Å². The first kappa shape index (κ1) is 15.6. The molecule has 0 spiro atoms. The van der Waals surface area contributed by atoms with Gasteiger partial charge in [0.05, 0.1) is 17.1 Å². The number of fused-ring (bicyclic) bond motifs is 1. The Hall–Kier alpha value is -2.26. The Morgan fingerprint density at radius 2 is 1.65 bits per heavy atom. The maximum absolute atomic E-state index is 6.18. The Morgan fingerprint density at radius 3 is 2.35 bits per heavy atom.